The van der Waals surface area contributed by atoms with E-state index in [0.29, 0.717) is 12.5 Å². The number of nitrogens with one attached hydrogen (secondary N) is 1. The molecule has 0 bridgehead atoms. The number of ether oxygens (including phenoxy) is 1. The first kappa shape index (κ1) is 15.0. The average molecular weight is 255 g/mol. The molecule has 0 spiro atoms. The van der Waals surface area contributed by atoms with Crippen molar-refractivity contribution in [3.8, 4) is 0 Å². The fourth-order valence-electron chi connectivity index (χ4n) is 2.11. The van der Waals surface area contributed by atoms with E-state index in [-0.39, 0.29) is 0 Å². The van der Waals surface area contributed by atoms with E-state index >= 15 is 0 Å². The Balaban J connectivity index is 2.37. The van der Waals surface area contributed by atoms with Crippen LogP contribution >= 0.6 is 0 Å². The Morgan fingerprint density at radius 3 is 2.33 bits per heavy atom. The smallest absolute Gasteiger partial charge is 0.407 e. The first-order valence-corrected chi connectivity index (χ1v) is 6.67. The van der Waals surface area contributed by atoms with Crippen molar-refractivity contribution >= 4 is 12.4 Å². The van der Waals surface area contributed by atoms with Crippen LogP contribution < -0.4 is 5.32 Å². The Hall–Kier alpha value is -1.06. The summed E-state index contributed by atoms with van der Waals surface area (Å²) in [6.45, 7) is 7.71. The average Bonchev–Trinajstić information content (AvgIpc) is 2.19. The number of amides is 1. The Labute approximate surface area is 109 Å². The third-order valence-electron chi connectivity index (χ3n) is 3.30. The van der Waals surface area contributed by atoms with E-state index in [1.165, 1.54) is 19.3 Å². The highest BCUT2D eigenvalue weighted by Crippen LogP contribution is 2.36. The van der Waals surface area contributed by atoms with Gasteiger partial charge in [0.1, 0.15) is 11.9 Å². The first-order valence-electron chi connectivity index (χ1n) is 6.67. The van der Waals surface area contributed by atoms with Crippen molar-refractivity contribution in [3.05, 3.63) is 0 Å². The minimum absolute atomic E-state index is 0.349. The van der Waals surface area contributed by atoms with Crippen LogP contribution in [0.5, 0.6) is 0 Å². The summed E-state index contributed by atoms with van der Waals surface area (Å²) in [5, 5.41) is 2.69. The van der Waals surface area contributed by atoms with Crippen molar-refractivity contribution in [3.63, 3.8) is 0 Å². The van der Waals surface area contributed by atoms with Crippen LogP contribution in [0.4, 0.5) is 4.79 Å². The van der Waals surface area contributed by atoms with E-state index in [4.69, 9.17) is 4.74 Å². The van der Waals surface area contributed by atoms with Crippen LogP contribution in [0.15, 0.2) is 0 Å². The van der Waals surface area contributed by atoms with E-state index in [9.17, 15) is 9.59 Å². The molecule has 104 valence electrons. The van der Waals surface area contributed by atoms with Crippen LogP contribution in [-0.4, -0.2) is 24.5 Å². The van der Waals surface area contributed by atoms with Crippen LogP contribution in [0.3, 0.4) is 0 Å². The van der Waals surface area contributed by atoms with E-state index in [1.54, 1.807) is 0 Å². The zero-order chi connectivity index (χ0) is 13.8. The minimum Gasteiger partial charge on any atom is -0.444 e. The summed E-state index contributed by atoms with van der Waals surface area (Å²) in [5.74, 6) is 0.639. The zero-order valence-electron chi connectivity index (χ0n) is 11.9. The lowest BCUT2D eigenvalue weighted by Gasteiger charge is -2.33. The summed E-state index contributed by atoms with van der Waals surface area (Å²) in [4.78, 5) is 22.7. The molecular weight excluding hydrogens is 230 g/mol. The predicted molar refractivity (Wildman–Crippen MR) is 70.4 cm³/mol. The van der Waals surface area contributed by atoms with Crippen LogP contribution in [0.1, 0.15) is 53.4 Å². The van der Waals surface area contributed by atoms with Crippen LogP contribution in [0.25, 0.3) is 0 Å². The number of carbonyl (C=O) groups is 2. The molecule has 1 rings (SSSR count). The molecule has 0 aromatic carbocycles. The molecule has 0 radical (unpaired) electrons. The maximum absolute atomic E-state index is 11.5. The molecule has 1 fully saturated rings. The monoisotopic (exact) mass is 255 g/mol. The van der Waals surface area contributed by atoms with E-state index in [1.807, 2.05) is 27.7 Å². The summed E-state index contributed by atoms with van der Waals surface area (Å²) >= 11 is 0. The quantitative estimate of drug-likeness (QED) is 0.768. The lowest BCUT2D eigenvalue weighted by atomic mass is 9.73. The van der Waals surface area contributed by atoms with Crippen LogP contribution in [0, 0.1) is 11.3 Å². The molecule has 1 N–H and O–H groups in total. The fourth-order valence-corrected chi connectivity index (χ4v) is 2.11. The van der Waals surface area contributed by atoms with Gasteiger partial charge in [-0.05, 0) is 33.1 Å². The van der Waals surface area contributed by atoms with Gasteiger partial charge in [-0.15, -0.1) is 0 Å². The second kappa shape index (κ2) is 5.72. The van der Waals surface area contributed by atoms with Gasteiger partial charge in [-0.1, -0.05) is 26.2 Å². The van der Waals surface area contributed by atoms with E-state index in [0.717, 1.165) is 12.7 Å². The van der Waals surface area contributed by atoms with Gasteiger partial charge in [0.25, 0.3) is 0 Å². The van der Waals surface area contributed by atoms with Gasteiger partial charge in [-0.25, -0.2) is 4.79 Å². The molecule has 1 amide bonds. The van der Waals surface area contributed by atoms with Crippen molar-refractivity contribution in [1.82, 2.24) is 5.32 Å². The first-order chi connectivity index (χ1) is 8.24. The van der Waals surface area contributed by atoms with Crippen LogP contribution in [-0.2, 0) is 9.53 Å². The van der Waals surface area contributed by atoms with Crippen molar-refractivity contribution in [2.45, 2.75) is 59.0 Å². The van der Waals surface area contributed by atoms with Gasteiger partial charge in [0.2, 0.25) is 0 Å². The zero-order valence-corrected chi connectivity index (χ0v) is 11.9. The Morgan fingerprint density at radius 2 is 1.94 bits per heavy atom. The fraction of sp³-hybridized carbons (Fsp3) is 0.857. The Morgan fingerprint density at radius 1 is 1.33 bits per heavy atom. The molecule has 0 saturated heterocycles. The van der Waals surface area contributed by atoms with Crippen molar-refractivity contribution in [2.75, 3.05) is 6.54 Å². The number of carbonyl (C=O) groups excluding carboxylic acids is 2. The predicted octanol–water partition coefficient (Wildman–Crippen LogP) is 2.91. The normalized spacial score (nSPS) is 19.6. The third-order valence-corrected chi connectivity index (χ3v) is 3.30. The van der Waals surface area contributed by atoms with Crippen molar-refractivity contribution in [1.29, 1.82) is 0 Å². The summed E-state index contributed by atoms with van der Waals surface area (Å²) in [5.41, 5.74) is -0.975. The molecule has 1 unspecified atom stereocenters. The van der Waals surface area contributed by atoms with Gasteiger partial charge in [0, 0.05) is 12.0 Å². The molecule has 18 heavy (non-hydrogen) atoms. The second-order valence-electron chi connectivity index (χ2n) is 6.63. The lowest BCUT2D eigenvalue weighted by Crippen LogP contribution is -2.41. The number of hydrogen-bond donors (Lipinski definition) is 1. The van der Waals surface area contributed by atoms with Gasteiger partial charge < -0.3 is 14.8 Å². The van der Waals surface area contributed by atoms with E-state index in [2.05, 4.69) is 5.32 Å². The Bertz CT molecular complexity index is 305. The lowest BCUT2D eigenvalue weighted by molar-refractivity contribution is -0.116. The van der Waals surface area contributed by atoms with Crippen molar-refractivity contribution in [2.24, 2.45) is 11.3 Å². The Kier molecular flexibility index (Phi) is 4.77. The molecular formula is C14H25NO3. The van der Waals surface area contributed by atoms with Gasteiger partial charge >= 0.3 is 6.09 Å². The van der Waals surface area contributed by atoms with Gasteiger partial charge in [0.15, 0.2) is 0 Å². The van der Waals surface area contributed by atoms with Gasteiger partial charge in [-0.2, -0.15) is 0 Å². The molecule has 0 heterocycles. The number of alkyl carbamates (subject to hydrolysis) is 1. The summed E-state index contributed by atoms with van der Waals surface area (Å²) < 4.78 is 5.16. The highest BCUT2D eigenvalue weighted by atomic mass is 16.6. The maximum atomic E-state index is 11.5. The molecule has 0 aromatic rings. The molecule has 4 heteroatoms. The summed E-state index contributed by atoms with van der Waals surface area (Å²) in [7, 11) is 0. The van der Waals surface area contributed by atoms with Crippen LogP contribution in [0.2, 0.25) is 0 Å². The molecule has 0 aliphatic heterocycles. The number of hydrogen-bond acceptors (Lipinski definition) is 3. The largest absolute Gasteiger partial charge is 0.444 e. The molecule has 1 atom stereocenters. The van der Waals surface area contributed by atoms with Gasteiger partial charge in [0.05, 0.1) is 0 Å². The highest BCUT2D eigenvalue weighted by molar-refractivity contribution is 5.69. The number of aldehydes is 1. The summed E-state index contributed by atoms with van der Waals surface area (Å²) in [6, 6.07) is 0. The SMILES string of the molecule is CC(C=O)(CNC(=O)OC(C)(C)C)CC1CCC1. The molecule has 1 aliphatic carbocycles. The summed E-state index contributed by atoms with van der Waals surface area (Å²) in [6.07, 6.45) is 5.03. The van der Waals surface area contributed by atoms with Gasteiger partial charge in [-0.3, -0.25) is 0 Å². The van der Waals surface area contributed by atoms with E-state index < -0.39 is 17.1 Å². The molecule has 1 aliphatic rings. The molecule has 4 nitrogen and oxygen atoms in total. The molecule has 0 aromatic heterocycles. The second-order valence-corrected chi connectivity index (χ2v) is 6.63. The minimum atomic E-state index is -0.504. The number of rotatable bonds is 5. The highest BCUT2D eigenvalue weighted by Gasteiger charge is 2.31. The topological polar surface area (TPSA) is 55.4 Å². The standard InChI is InChI=1S/C14H25NO3/c1-13(2,3)18-12(17)15-9-14(4,10-16)8-11-6-5-7-11/h10-11H,5-9H2,1-4H3,(H,15,17). The molecule has 1 saturated carbocycles. The van der Waals surface area contributed by atoms with Crippen molar-refractivity contribution < 1.29 is 14.3 Å². The maximum Gasteiger partial charge on any atom is 0.407 e. The third kappa shape index (κ3) is 5.07.